The zero-order chi connectivity index (χ0) is 12.9. The molecule has 0 atom stereocenters. The average Bonchev–Trinajstić information content (AvgIpc) is 3.11. The van der Waals surface area contributed by atoms with Gasteiger partial charge in [0.2, 0.25) is 0 Å². The summed E-state index contributed by atoms with van der Waals surface area (Å²) in [5.41, 5.74) is 0. The van der Waals surface area contributed by atoms with Crippen LogP contribution in [0.4, 0.5) is 0 Å². The summed E-state index contributed by atoms with van der Waals surface area (Å²) in [5.74, 6) is 1.62. The topological polar surface area (TPSA) is 39.8 Å². The molecule has 2 bridgehead atoms. The first-order valence-electron chi connectivity index (χ1n) is 5.22. The molecular formula is C15H14MnO2. The first-order valence-corrected chi connectivity index (χ1v) is 5.22. The molecule has 3 heteroatoms. The van der Waals surface area contributed by atoms with Crippen molar-refractivity contribution < 1.29 is 26.4 Å². The van der Waals surface area contributed by atoms with E-state index in [1.807, 2.05) is 36.4 Å². The van der Waals surface area contributed by atoms with Gasteiger partial charge in [0, 0.05) is 17.1 Å². The van der Waals surface area contributed by atoms with E-state index in [0.717, 1.165) is 11.8 Å². The fourth-order valence-corrected chi connectivity index (χ4v) is 1.71. The van der Waals surface area contributed by atoms with Crippen LogP contribution in [-0.4, -0.2) is 0 Å². The molecule has 0 unspecified atom stereocenters. The summed E-state index contributed by atoms with van der Waals surface area (Å²) < 4.78 is 15.0. The van der Waals surface area contributed by atoms with Crippen molar-refractivity contribution in [2.75, 3.05) is 0 Å². The Morgan fingerprint density at radius 2 is 0.833 bits per heavy atom. The Morgan fingerprint density at radius 3 is 0.944 bits per heavy atom. The van der Waals surface area contributed by atoms with Crippen molar-refractivity contribution in [3.8, 4) is 0 Å². The molecule has 1 aromatic rings. The minimum atomic E-state index is 0. The number of rotatable bonds is 0. The Morgan fingerprint density at radius 1 is 0.611 bits per heavy atom. The Labute approximate surface area is 119 Å². The number of allylic oxidation sites excluding steroid dienone is 4. The van der Waals surface area contributed by atoms with E-state index in [9.17, 15) is 0 Å². The minimum absolute atomic E-state index is 0. The number of benzene rings is 1. The van der Waals surface area contributed by atoms with Crippen molar-refractivity contribution in [1.82, 2.24) is 0 Å². The third kappa shape index (κ3) is 7.89. The SMILES string of the molecule is C1=CC2C=CC1C2.[C-]#[O+].[C-]#[O+].[Mn].c1ccccc1. The largest absolute Gasteiger partial charge is 0.0623 e. The minimum Gasteiger partial charge on any atom is -0.0623 e. The number of fused-ring (bicyclic) bond motifs is 2. The van der Waals surface area contributed by atoms with Gasteiger partial charge >= 0.3 is 22.6 Å². The second-order valence-electron chi connectivity index (χ2n) is 3.49. The van der Waals surface area contributed by atoms with E-state index >= 15 is 0 Å². The molecule has 0 saturated carbocycles. The quantitative estimate of drug-likeness (QED) is 0.303. The molecule has 0 aliphatic heterocycles. The fourth-order valence-electron chi connectivity index (χ4n) is 1.71. The van der Waals surface area contributed by atoms with Crippen LogP contribution in [0.2, 0.25) is 0 Å². The molecule has 0 N–H and O–H groups in total. The zero-order valence-electron chi connectivity index (χ0n) is 9.83. The van der Waals surface area contributed by atoms with Gasteiger partial charge < -0.3 is 0 Å². The summed E-state index contributed by atoms with van der Waals surface area (Å²) in [6.07, 6.45) is 10.5. The molecule has 0 amide bonds. The molecule has 1 radical (unpaired) electrons. The molecule has 2 aliphatic rings. The van der Waals surface area contributed by atoms with E-state index in [0.29, 0.717) is 0 Å². The third-order valence-corrected chi connectivity index (χ3v) is 2.42. The Hall–Kier alpha value is -1.30. The fraction of sp³-hybridized carbons (Fsp3) is 0.200. The van der Waals surface area contributed by atoms with Crippen LogP contribution in [0, 0.1) is 25.1 Å². The molecule has 0 saturated heterocycles. The Bertz CT molecular complexity index is 319. The Kier molecular flexibility index (Phi) is 14.6. The maximum Gasteiger partial charge on any atom is 0 e. The van der Waals surface area contributed by atoms with Gasteiger partial charge in [-0.3, -0.25) is 0 Å². The van der Waals surface area contributed by atoms with Crippen LogP contribution in [0.15, 0.2) is 60.7 Å². The van der Waals surface area contributed by atoms with Gasteiger partial charge in [-0.25, -0.2) is 0 Å². The van der Waals surface area contributed by atoms with E-state index in [4.69, 9.17) is 9.30 Å². The van der Waals surface area contributed by atoms with Gasteiger partial charge in [0.25, 0.3) is 0 Å². The van der Waals surface area contributed by atoms with Crippen LogP contribution >= 0.6 is 0 Å². The smallest absolute Gasteiger partial charge is 0 e. The van der Waals surface area contributed by atoms with Crippen molar-refractivity contribution >= 4 is 0 Å². The van der Waals surface area contributed by atoms with Crippen LogP contribution < -0.4 is 0 Å². The first kappa shape index (κ1) is 19.0. The van der Waals surface area contributed by atoms with E-state index in [1.54, 1.807) is 0 Å². The van der Waals surface area contributed by atoms with Crippen molar-refractivity contribution in [1.29, 1.82) is 0 Å². The third-order valence-electron chi connectivity index (χ3n) is 2.42. The molecule has 2 aliphatic carbocycles. The van der Waals surface area contributed by atoms with Crippen LogP contribution in [0.5, 0.6) is 0 Å². The monoisotopic (exact) mass is 281 g/mol. The second kappa shape index (κ2) is 13.8. The summed E-state index contributed by atoms with van der Waals surface area (Å²) in [6, 6.07) is 12.0. The van der Waals surface area contributed by atoms with E-state index in [-0.39, 0.29) is 17.1 Å². The van der Waals surface area contributed by atoms with Gasteiger partial charge in [-0.2, -0.15) is 0 Å². The number of hydrogen-bond acceptors (Lipinski definition) is 0. The second-order valence-corrected chi connectivity index (χ2v) is 3.49. The normalized spacial score (nSPS) is 19.8. The van der Waals surface area contributed by atoms with Crippen LogP contribution in [0.3, 0.4) is 0 Å². The molecule has 0 aromatic heterocycles. The van der Waals surface area contributed by atoms with Gasteiger partial charge in [-0.1, -0.05) is 60.7 Å². The van der Waals surface area contributed by atoms with E-state index in [1.165, 1.54) is 6.42 Å². The maximum atomic E-state index is 7.50. The molecule has 0 heterocycles. The van der Waals surface area contributed by atoms with Crippen molar-refractivity contribution in [2.24, 2.45) is 11.8 Å². The molecule has 93 valence electrons. The molecule has 2 nitrogen and oxygen atoms in total. The summed E-state index contributed by atoms with van der Waals surface area (Å²) in [6.45, 7) is 9.00. The van der Waals surface area contributed by atoms with Crippen LogP contribution in [0.25, 0.3) is 0 Å². The summed E-state index contributed by atoms with van der Waals surface area (Å²) in [5, 5.41) is 0. The van der Waals surface area contributed by atoms with Gasteiger partial charge in [0.05, 0.1) is 0 Å². The molecule has 0 fully saturated rings. The van der Waals surface area contributed by atoms with E-state index < -0.39 is 0 Å². The summed E-state index contributed by atoms with van der Waals surface area (Å²) in [4.78, 5) is 0. The van der Waals surface area contributed by atoms with Crippen LogP contribution in [0.1, 0.15) is 6.42 Å². The number of hydrogen-bond donors (Lipinski definition) is 0. The van der Waals surface area contributed by atoms with Gasteiger partial charge in [0.1, 0.15) is 0 Å². The van der Waals surface area contributed by atoms with E-state index in [2.05, 4.69) is 37.6 Å². The predicted octanol–water partition coefficient (Wildman–Crippen LogP) is 3.36. The molecule has 1 aromatic carbocycles. The predicted molar refractivity (Wildman–Crippen MR) is 64.2 cm³/mol. The molecule has 18 heavy (non-hydrogen) atoms. The standard InChI is InChI=1S/C7H8.C6H6.2CO.Mn/c1-2-7-4-3-6(1)5-7;1-2-4-6-5-3-1;2*1-2;/h1-4,6-7H,5H2;1-6H;;;. The molecule has 0 spiro atoms. The van der Waals surface area contributed by atoms with Crippen LogP contribution in [-0.2, 0) is 26.4 Å². The zero-order valence-corrected chi connectivity index (χ0v) is 11.0. The summed E-state index contributed by atoms with van der Waals surface area (Å²) >= 11 is 0. The molecular weight excluding hydrogens is 267 g/mol. The average molecular weight is 281 g/mol. The van der Waals surface area contributed by atoms with Gasteiger partial charge in [0.15, 0.2) is 0 Å². The van der Waals surface area contributed by atoms with Crippen molar-refractivity contribution in [3.05, 3.63) is 74.0 Å². The first-order chi connectivity index (χ1) is 8.45. The maximum absolute atomic E-state index is 7.50. The van der Waals surface area contributed by atoms with Crippen molar-refractivity contribution in [2.45, 2.75) is 6.42 Å². The molecule has 3 rings (SSSR count). The summed E-state index contributed by atoms with van der Waals surface area (Å²) in [7, 11) is 0. The van der Waals surface area contributed by atoms with Gasteiger partial charge in [-0.15, -0.1) is 0 Å². The Balaban J connectivity index is 0. The van der Waals surface area contributed by atoms with Gasteiger partial charge in [-0.05, 0) is 18.3 Å². The van der Waals surface area contributed by atoms with Crippen molar-refractivity contribution in [3.63, 3.8) is 0 Å².